The van der Waals surface area contributed by atoms with Gasteiger partial charge in [-0.25, -0.2) is 5.90 Å². The van der Waals surface area contributed by atoms with Crippen LogP contribution in [0.1, 0.15) is 38.7 Å². The first-order chi connectivity index (χ1) is 8.44. The average molecular weight is 251 g/mol. The molecule has 0 heterocycles. The molecule has 0 aliphatic carbocycles. The summed E-state index contributed by atoms with van der Waals surface area (Å²) in [4.78, 5) is 16.7. The molecule has 4 heteroatoms. The maximum atomic E-state index is 12.1. The van der Waals surface area contributed by atoms with Gasteiger partial charge in [0.25, 0.3) is 0 Å². The van der Waals surface area contributed by atoms with Crippen molar-refractivity contribution in [2.75, 3.05) is 6.61 Å². The summed E-state index contributed by atoms with van der Waals surface area (Å²) < 4.78 is 5.42. The first kappa shape index (κ1) is 14.7. The Balaban J connectivity index is 2.82. The van der Waals surface area contributed by atoms with E-state index in [-0.39, 0.29) is 11.9 Å². The zero-order valence-corrected chi connectivity index (χ0v) is 11.2. The summed E-state index contributed by atoms with van der Waals surface area (Å²) in [5, 5.41) is 0. The first-order valence-corrected chi connectivity index (χ1v) is 6.03. The molecule has 0 fully saturated rings. The molecule has 0 aliphatic heterocycles. The monoisotopic (exact) mass is 251 g/mol. The summed E-state index contributed by atoms with van der Waals surface area (Å²) in [7, 11) is 0. The highest BCUT2D eigenvalue weighted by molar-refractivity contribution is 5.78. The Bertz CT molecular complexity index is 370. The molecule has 2 N–H and O–H groups in total. The van der Waals surface area contributed by atoms with Gasteiger partial charge in [0.1, 0.15) is 5.60 Å². The summed E-state index contributed by atoms with van der Waals surface area (Å²) >= 11 is 0. The summed E-state index contributed by atoms with van der Waals surface area (Å²) in [5.74, 6) is 4.45. The largest absolute Gasteiger partial charge is 0.459 e. The number of ether oxygens (including phenoxy) is 1. The number of carbonyl (C=O) groups excluding carboxylic acids is 1. The van der Waals surface area contributed by atoms with Crippen molar-refractivity contribution in [1.82, 2.24) is 0 Å². The second kappa shape index (κ2) is 6.52. The lowest BCUT2D eigenvalue weighted by molar-refractivity contribution is -0.157. The predicted octanol–water partition coefficient (Wildman–Crippen LogP) is 2.39. The van der Waals surface area contributed by atoms with Crippen LogP contribution < -0.4 is 5.90 Å². The molecule has 0 bridgehead atoms. The Morgan fingerprint density at radius 2 is 1.89 bits per heavy atom. The number of benzene rings is 1. The number of nitrogens with two attached hydrogens (primary N) is 1. The van der Waals surface area contributed by atoms with Gasteiger partial charge < -0.3 is 9.57 Å². The summed E-state index contributed by atoms with van der Waals surface area (Å²) in [6, 6.07) is 9.53. The number of rotatable bonds is 5. The molecule has 1 atom stereocenters. The third kappa shape index (κ3) is 4.85. The van der Waals surface area contributed by atoms with E-state index in [1.807, 2.05) is 51.1 Å². The molecular formula is C14H21NO3. The second-order valence-corrected chi connectivity index (χ2v) is 5.16. The van der Waals surface area contributed by atoms with E-state index in [1.165, 1.54) is 0 Å². The smallest absolute Gasteiger partial charge is 0.314 e. The molecule has 1 rings (SSSR count). The molecule has 0 spiro atoms. The van der Waals surface area contributed by atoms with Crippen molar-refractivity contribution < 1.29 is 14.4 Å². The van der Waals surface area contributed by atoms with Crippen molar-refractivity contribution in [3.63, 3.8) is 0 Å². The summed E-state index contributed by atoms with van der Waals surface area (Å²) in [6.07, 6.45) is 0.509. The minimum atomic E-state index is -0.492. The van der Waals surface area contributed by atoms with E-state index in [4.69, 9.17) is 10.6 Å². The van der Waals surface area contributed by atoms with Crippen LogP contribution in [0.5, 0.6) is 0 Å². The van der Waals surface area contributed by atoms with Gasteiger partial charge in [0.15, 0.2) is 0 Å². The highest BCUT2D eigenvalue weighted by Crippen LogP contribution is 2.23. The molecule has 0 saturated heterocycles. The molecule has 4 nitrogen and oxygen atoms in total. The Hall–Kier alpha value is -1.39. The van der Waals surface area contributed by atoms with Crippen molar-refractivity contribution >= 4 is 5.97 Å². The molecule has 100 valence electrons. The van der Waals surface area contributed by atoms with Crippen LogP contribution in [0.25, 0.3) is 0 Å². The topological polar surface area (TPSA) is 61.5 Å². The van der Waals surface area contributed by atoms with Crippen molar-refractivity contribution in [1.29, 1.82) is 0 Å². The molecule has 0 aliphatic rings. The lowest BCUT2D eigenvalue weighted by Gasteiger charge is -2.24. The SMILES string of the molecule is CC(C)(C)OC(=O)[C@@H](CCON)c1ccccc1. The van der Waals surface area contributed by atoms with Gasteiger partial charge in [-0.1, -0.05) is 30.3 Å². The maximum absolute atomic E-state index is 12.1. The van der Waals surface area contributed by atoms with E-state index in [2.05, 4.69) is 4.84 Å². The molecule has 1 aromatic carbocycles. The van der Waals surface area contributed by atoms with Crippen LogP contribution in [0.3, 0.4) is 0 Å². The van der Waals surface area contributed by atoms with Crippen molar-refractivity contribution in [2.24, 2.45) is 5.90 Å². The Labute approximate surface area is 108 Å². The van der Waals surface area contributed by atoms with E-state index in [9.17, 15) is 4.79 Å². The molecular weight excluding hydrogens is 230 g/mol. The Morgan fingerprint density at radius 1 is 1.28 bits per heavy atom. The number of hydrogen-bond acceptors (Lipinski definition) is 4. The maximum Gasteiger partial charge on any atom is 0.314 e. The van der Waals surface area contributed by atoms with Crippen molar-refractivity contribution in [3.8, 4) is 0 Å². The van der Waals surface area contributed by atoms with Gasteiger partial charge in [-0.2, -0.15) is 0 Å². The van der Waals surface area contributed by atoms with Crippen LogP contribution in [0.4, 0.5) is 0 Å². The zero-order valence-electron chi connectivity index (χ0n) is 11.2. The zero-order chi connectivity index (χ0) is 13.6. The van der Waals surface area contributed by atoms with Gasteiger partial charge in [-0.05, 0) is 32.8 Å². The van der Waals surface area contributed by atoms with Gasteiger partial charge in [-0.15, -0.1) is 0 Å². The van der Waals surface area contributed by atoms with Crippen LogP contribution >= 0.6 is 0 Å². The lowest BCUT2D eigenvalue weighted by atomic mass is 9.96. The average Bonchev–Trinajstić information content (AvgIpc) is 2.28. The minimum Gasteiger partial charge on any atom is -0.459 e. The number of hydrogen-bond donors (Lipinski definition) is 1. The molecule has 0 saturated carbocycles. The van der Waals surface area contributed by atoms with Gasteiger partial charge in [0.05, 0.1) is 12.5 Å². The number of carbonyl (C=O) groups is 1. The lowest BCUT2D eigenvalue weighted by Crippen LogP contribution is -2.28. The molecule has 1 aromatic rings. The third-order valence-corrected chi connectivity index (χ3v) is 2.42. The Kier molecular flexibility index (Phi) is 5.31. The molecule has 0 radical (unpaired) electrons. The molecule has 18 heavy (non-hydrogen) atoms. The summed E-state index contributed by atoms with van der Waals surface area (Å²) in [5.41, 5.74) is 0.428. The van der Waals surface area contributed by atoms with Crippen molar-refractivity contribution in [2.45, 2.75) is 38.7 Å². The van der Waals surface area contributed by atoms with Gasteiger partial charge in [-0.3, -0.25) is 4.79 Å². The van der Waals surface area contributed by atoms with Crippen LogP contribution in [-0.4, -0.2) is 18.2 Å². The Morgan fingerprint density at radius 3 is 2.39 bits per heavy atom. The summed E-state index contributed by atoms with van der Waals surface area (Å²) in [6.45, 7) is 5.88. The van der Waals surface area contributed by atoms with E-state index in [0.29, 0.717) is 13.0 Å². The third-order valence-electron chi connectivity index (χ3n) is 2.42. The number of esters is 1. The van der Waals surface area contributed by atoms with Crippen LogP contribution in [0.15, 0.2) is 30.3 Å². The highest BCUT2D eigenvalue weighted by Gasteiger charge is 2.26. The molecule has 0 amide bonds. The van der Waals surface area contributed by atoms with E-state index in [1.54, 1.807) is 0 Å². The standard InChI is InChI=1S/C14H21NO3/c1-14(2,3)18-13(16)12(9-10-17-15)11-7-5-4-6-8-11/h4-8,12H,9-10,15H2,1-3H3/t12-/m0/s1. The van der Waals surface area contributed by atoms with Crippen LogP contribution in [0, 0.1) is 0 Å². The quantitative estimate of drug-likeness (QED) is 0.644. The van der Waals surface area contributed by atoms with Crippen molar-refractivity contribution in [3.05, 3.63) is 35.9 Å². The highest BCUT2D eigenvalue weighted by atomic mass is 16.6. The fourth-order valence-corrected chi connectivity index (χ4v) is 1.66. The minimum absolute atomic E-state index is 0.245. The van der Waals surface area contributed by atoms with E-state index < -0.39 is 5.60 Å². The van der Waals surface area contributed by atoms with Gasteiger partial charge in [0.2, 0.25) is 0 Å². The fourth-order valence-electron chi connectivity index (χ4n) is 1.66. The molecule has 0 aromatic heterocycles. The first-order valence-electron chi connectivity index (χ1n) is 6.03. The molecule has 0 unspecified atom stereocenters. The van der Waals surface area contributed by atoms with E-state index in [0.717, 1.165) is 5.56 Å². The van der Waals surface area contributed by atoms with Gasteiger partial charge >= 0.3 is 5.97 Å². The fraction of sp³-hybridized carbons (Fsp3) is 0.500. The predicted molar refractivity (Wildman–Crippen MR) is 69.8 cm³/mol. The van der Waals surface area contributed by atoms with Crippen LogP contribution in [0.2, 0.25) is 0 Å². The normalized spacial score (nSPS) is 13.1. The second-order valence-electron chi connectivity index (χ2n) is 5.16. The van der Waals surface area contributed by atoms with Gasteiger partial charge in [0, 0.05) is 0 Å². The van der Waals surface area contributed by atoms with Crippen LogP contribution in [-0.2, 0) is 14.4 Å². The van der Waals surface area contributed by atoms with E-state index >= 15 is 0 Å².